The van der Waals surface area contributed by atoms with E-state index in [1.165, 1.54) is 44.9 Å². The van der Waals surface area contributed by atoms with E-state index in [4.69, 9.17) is 0 Å². The van der Waals surface area contributed by atoms with Crippen molar-refractivity contribution in [3.8, 4) is 0 Å². The highest BCUT2D eigenvalue weighted by molar-refractivity contribution is 5.73. The topological polar surface area (TPSA) is 26.3 Å². The van der Waals surface area contributed by atoms with Gasteiger partial charge in [-0.1, -0.05) is 51.9 Å². The predicted molar refractivity (Wildman–Crippen MR) is 57.1 cm³/mol. The van der Waals surface area contributed by atoms with Gasteiger partial charge in [0, 0.05) is 0 Å². The number of ether oxygens (including phenoxy) is 1. The summed E-state index contributed by atoms with van der Waals surface area (Å²) in [6, 6.07) is 0. The molecule has 0 aromatic carbocycles. The summed E-state index contributed by atoms with van der Waals surface area (Å²) in [5.74, 6) is 1.05. The van der Waals surface area contributed by atoms with Crippen molar-refractivity contribution in [1.82, 2.24) is 0 Å². The van der Waals surface area contributed by atoms with Crippen LogP contribution in [0.3, 0.4) is 0 Å². The smallest absolute Gasteiger partial charge is 0.309 e. The second kappa shape index (κ2) is 6.86. The Morgan fingerprint density at radius 2 is 1.93 bits per heavy atom. The highest BCUT2D eigenvalue weighted by Crippen LogP contribution is 2.28. The number of unbranched alkanes of at least 4 members (excludes halogenated alkanes) is 1. The Bertz CT molecular complexity index is 154. The molecule has 1 saturated heterocycles. The van der Waals surface area contributed by atoms with Gasteiger partial charge in [0.05, 0.1) is 6.42 Å². The number of cyclic esters (lactones) is 1. The number of hydrogen-bond acceptors (Lipinski definition) is 2. The van der Waals surface area contributed by atoms with Gasteiger partial charge in [-0.05, 0) is 5.92 Å². The third-order valence-corrected chi connectivity index (χ3v) is 3.01. The van der Waals surface area contributed by atoms with Crippen molar-refractivity contribution in [3.63, 3.8) is 0 Å². The molecule has 0 aromatic heterocycles. The van der Waals surface area contributed by atoms with E-state index in [0.29, 0.717) is 13.0 Å². The molecule has 0 bridgehead atoms. The molecule has 2 heteroatoms. The van der Waals surface area contributed by atoms with Gasteiger partial charge < -0.3 is 4.74 Å². The second-order valence-electron chi connectivity index (χ2n) is 4.26. The fourth-order valence-corrected chi connectivity index (χ4v) is 1.98. The molecule has 0 aromatic rings. The molecular formula is C12H22O2. The minimum atomic E-state index is -0.0648. The minimum Gasteiger partial charge on any atom is -0.465 e. The Morgan fingerprint density at radius 3 is 2.29 bits per heavy atom. The number of esters is 1. The van der Waals surface area contributed by atoms with Crippen LogP contribution in [0.2, 0.25) is 0 Å². The van der Waals surface area contributed by atoms with Crippen LogP contribution < -0.4 is 0 Å². The van der Waals surface area contributed by atoms with E-state index in [1.807, 2.05) is 0 Å². The van der Waals surface area contributed by atoms with Crippen LogP contribution >= 0.6 is 0 Å². The first-order chi connectivity index (χ1) is 6.83. The van der Waals surface area contributed by atoms with Crippen LogP contribution in [-0.4, -0.2) is 12.6 Å². The van der Waals surface area contributed by atoms with Crippen molar-refractivity contribution in [2.24, 2.45) is 5.92 Å². The lowest BCUT2D eigenvalue weighted by molar-refractivity contribution is -0.157. The van der Waals surface area contributed by atoms with Gasteiger partial charge in [-0.3, -0.25) is 4.79 Å². The van der Waals surface area contributed by atoms with Crippen LogP contribution in [0.1, 0.15) is 58.3 Å². The van der Waals surface area contributed by atoms with Crippen molar-refractivity contribution < 1.29 is 9.53 Å². The molecule has 1 aliphatic heterocycles. The van der Waals surface area contributed by atoms with Crippen molar-refractivity contribution in [2.45, 2.75) is 58.3 Å². The van der Waals surface area contributed by atoms with Crippen molar-refractivity contribution >= 4 is 5.97 Å². The van der Waals surface area contributed by atoms with Crippen LogP contribution in [0.15, 0.2) is 0 Å². The maximum absolute atomic E-state index is 9.68. The molecule has 0 N–H and O–H groups in total. The van der Waals surface area contributed by atoms with Gasteiger partial charge in [0.25, 0.3) is 0 Å². The molecule has 0 amide bonds. The third kappa shape index (κ3) is 4.64. The summed E-state index contributed by atoms with van der Waals surface area (Å²) < 4.78 is 4.29. The van der Waals surface area contributed by atoms with E-state index in [2.05, 4.69) is 11.7 Å². The standard InChI is InChI=1S/C9H18.C3H4O2/c1-2-3-6-9-7-4-5-8-9;4-3-1-2-5-3/h9H,2-8H2,1H3;1-2H2. The fraction of sp³-hybridized carbons (Fsp3) is 0.917. The summed E-state index contributed by atoms with van der Waals surface area (Å²) in [5, 5.41) is 0. The summed E-state index contributed by atoms with van der Waals surface area (Å²) in [4.78, 5) is 9.68. The quantitative estimate of drug-likeness (QED) is 0.650. The molecule has 14 heavy (non-hydrogen) atoms. The lowest BCUT2D eigenvalue weighted by Crippen LogP contribution is -2.18. The maximum Gasteiger partial charge on any atom is 0.309 e. The molecular weight excluding hydrogens is 176 g/mol. The first-order valence-electron chi connectivity index (χ1n) is 5.98. The highest BCUT2D eigenvalue weighted by atomic mass is 16.6. The van der Waals surface area contributed by atoms with E-state index in [1.54, 1.807) is 0 Å². The van der Waals surface area contributed by atoms with E-state index in [0.717, 1.165) is 5.92 Å². The average Bonchev–Trinajstić information content (AvgIpc) is 2.65. The summed E-state index contributed by atoms with van der Waals surface area (Å²) >= 11 is 0. The Hall–Kier alpha value is -0.530. The first kappa shape index (κ1) is 11.5. The minimum absolute atomic E-state index is 0.0648. The van der Waals surface area contributed by atoms with E-state index in [-0.39, 0.29) is 5.97 Å². The number of rotatable bonds is 3. The van der Waals surface area contributed by atoms with E-state index < -0.39 is 0 Å². The van der Waals surface area contributed by atoms with Gasteiger partial charge in [0.1, 0.15) is 6.61 Å². The first-order valence-corrected chi connectivity index (χ1v) is 5.98. The van der Waals surface area contributed by atoms with Crippen LogP contribution in [0.5, 0.6) is 0 Å². The molecule has 1 heterocycles. The van der Waals surface area contributed by atoms with Crippen molar-refractivity contribution in [3.05, 3.63) is 0 Å². The van der Waals surface area contributed by atoms with Crippen LogP contribution in [0.25, 0.3) is 0 Å². The summed E-state index contributed by atoms with van der Waals surface area (Å²) in [7, 11) is 0. The number of hydrogen-bond donors (Lipinski definition) is 0. The number of carbonyl (C=O) groups excluding carboxylic acids is 1. The molecule has 0 radical (unpaired) electrons. The highest BCUT2D eigenvalue weighted by Gasteiger charge is 2.13. The molecule has 1 saturated carbocycles. The molecule has 2 nitrogen and oxygen atoms in total. The number of carbonyl (C=O) groups is 1. The van der Waals surface area contributed by atoms with Crippen molar-refractivity contribution in [2.75, 3.05) is 6.61 Å². The average molecular weight is 198 g/mol. The van der Waals surface area contributed by atoms with Gasteiger partial charge in [-0.2, -0.15) is 0 Å². The monoisotopic (exact) mass is 198 g/mol. The maximum atomic E-state index is 9.68. The Balaban J connectivity index is 0.000000165. The van der Waals surface area contributed by atoms with Gasteiger partial charge in [0.15, 0.2) is 0 Å². The molecule has 1 aliphatic carbocycles. The van der Waals surface area contributed by atoms with Crippen LogP contribution in [-0.2, 0) is 9.53 Å². The molecule has 0 unspecified atom stereocenters. The Morgan fingerprint density at radius 1 is 1.36 bits per heavy atom. The second-order valence-corrected chi connectivity index (χ2v) is 4.26. The summed E-state index contributed by atoms with van der Waals surface area (Å²) in [5.41, 5.74) is 0. The van der Waals surface area contributed by atoms with Gasteiger partial charge in [0.2, 0.25) is 0 Å². The summed E-state index contributed by atoms with van der Waals surface area (Å²) in [6.07, 6.45) is 11.1. The third-order valence-electron chi connectivity index (χ3n) is 3.01. The lowest BCUT2D eigenvalue weighted by atomic mass is 10.0. The van der Waals surface area contributed by atoms with Gasteiger partial charge in [-0.25, -0.2) is 0 Å². The largest absolute Gasteiger partial charge is 0.465 e. The van der Waals surface area contributed by atoms with Crippen LogP contribution in [0, 0.1) is 5.92 Å². The molecule has 2 aliphatic rings. The zero-order chi connectivity index (χ0) is 10.2. The van der Waals surface area contributed by atoms with Crippen LogP contribution in [0.4, 0.5) is 0 Å². The molecule has 82 valence electrons. The SMILES string of the molecule is CCCCC1CCCC1.O=C1CCO1. The van der Waals surface area contributed by atoms with Gasteiger partial charge in [-0.15, -0.1) is 0 Å². The van der Waals surface area contributed by atoms with Gasteiger partial charge >= 0.3 is 5.97 Å². The molecule has 0 spiro atoms. The zero-order valence-corrected chi connectivity index (χ0v) is 9.26. The predicted octanol–water partition coefficient (Wildman–Crippen LogP) is 3.30. The molecule has 0 atom stereocenters. The summed E-state index contributed by atoms with van der Waals surface area (Å²) in [6.45, 7) is 2.92. The Kier molecular flexibility index (Phi) is 5.65. The Labute approximate surface area is 87.0 Å². The van der Waals surface area contributed by atoms with Crippen molar-refractivity contribution in [1.29, 1.82) is 0 Å². The van der Waals surface area contributed by atoms with E-state index in [9.17, 15) is 4.79 Å². The lowest BCUT2D eigenvalue weighted by Gasteiger charge is -2.09. The fourth-order valence-electron chi connectivity index (χ4n) is 1.98. The molecule has 2 fully saturated rings. The zero-order valence-electron chi connectivity index (χ0n) is 9.26. The molecule has 2 rings (SSSR count). The van der Waals surface area contributed by atoms with E-state index >= 15 is 0 Å². The normalized spacial score (nSPS) is 20.8.